The van der Waals surface area contributed by atoms with E-state index >= 15 is 0 Å². The largest absolute Gasteiger partial charge is 0.311 e. The number of aromatic nitrogens is 1. The molecule has 31 heavy (non-hydrogen) atoms. The summed E-state index contributed by atoms with van der Waals surface area (Å²) in [6.45, 7) is 0. The molecule has 4 rings (SSSR count). The molecular weight excluding hydrogens is 412 g/mol. The number of carbonyl (C=O) groups excluding carboxylic acids is 2. The van der Waals surface area contributed by atoms with Crippen LogP contribution in [0.3, 0.4) is 0 Å². The number of halogens is 1. The molecule has 0 N–H and O–H groups in total. The number of benzene rings is 2. The molecule has 5 nitrogen and oxygen atoms in total. The van der Waals surface area contributed by atoms with E-state index in [-0.39, 0.29) is 5.56 Å². The van der Waals surface area contributed by atoms with Crippen LogP contribution in [0.5, 0.6) is 0 Å². The molecular formula is C25H21ClN2O3. The Balaban J connectivity index is 1.85. The molecule has 1 heterocycles. The van der Waals surface area contributed by atoms with Gasteiger partial charge < -0.3 is 4.90 Å². The third-order valence-electron chi connectivity index (χ3n) is 5.39. The fraction of sp³-hybridized carbons (Fsp3) is 0.160. The minimum atomic E-state index is -0.622. The van der Waals surface area contributed by atoms with Gasteiger partial charge in [-0.25, -0.2) is 4.57 Å². The number of amides is 1. The highest BCUT2D eigenvalue weighted by Gasteiger charge is 2.24. The number of pyridine rings is 1. The van der Waals surface area contributed by atoms with E-state index in [2.05, 4.69) is 0 Å². The number of carbonyl (C=O) groups is 2. The molecule has 0 fully saturated rings. The van der Waals surface area contributed by atoms with Gasteiger partial charge in [0, 0.05) is 23.3 Å². The second-order valence-electron chi connectivity index (χ2n) is 7.42. The van der Waals surface area contributed by atoms with Crippen LogP contribution in [0.4, 0.5) is 5.69 Å². The van der Waals surface area contributed by atoms with E-state index in [4.69, 9.17) is 11.6 Å². The van der Waals surface area contributed by atoms with Gasteiger partial charge in [-0.3, -0.25) is 14.4 Å². The van der Waals surface area contributed by atoms with Crippen LogP contribution in [0.1, 0.15) is 34.4 Å². The number of nitrogens with zero attached hydrogens (tertiary/aromatic N) is 2. The lowest BCUT2D eigenvalue weighted by molar-refractivity contribution is 0.0951. The summed E-state index contributed by atoms with van der Waals surface area (Å²) in [6, 6.07) is 15.4. The van der Waals surface area contributed by atoms with E-state index in [1.165, 1.54) is 4.90 Å². The van der Waals surface area contributed by atoms with Crippen LogP contribution < -0.4 is 10.5 Å². The highest BCUT2D eigenvalue weighted by atomic mass is 35.5. The minimum Gasteiger partial charge on any atom is -0.311 e. The molecule has 3 aromatic rings. The smallest absolute Gasteiger partial charge is 0.270 e. The molecule has 0 saturated heterocycles. The lowest BCUT2D eigenvalue weighted by atomic mass is 10.1. The van der Waals surface area contributed by atoms with Crippen LogP contribution >= 0.6 is 11.6 Å². The van der Waals surface area contributed by atoms with Crippen molar-refractivity contribution in [3.8, 4) is 0 Å². The van der Waals surface area contributed by atoms with Gasteiger partial charge in [-0.2, -0.15) is 0 Å². The van der Waals surface area contributed by atoms with E-state index in [0.29, 0.717) is 33.6 Å². The molecule has 6 heteroatoms. The lowest BCUT2D eigenvalue weighted by Gasteiger charge is -2.19. The Kier molecular flexibility index (Phi) is 5.87. The van der Waals surface area contributed by atoms with Gasteiger partial charge in [-0.05, 0) is 61.0 Å². The van der Waals surface area contributed by atoms with Crippen molar-refractivity contribution in [3.63, 3.8) is 0 Å². The van der Waals surface area contributed by atoms with Crippen molar-refractivity contribution in [1.29, 1.82) is 0 Å². The third-order valence-corrected chi connectivity index (χ3v) is 5.64. The molecule has 0 bridgehead atoms. The number of hydrogen-bond donors (Lipinski definition) is 0. The molecule has 1 aliphatic carbocycles. The van der Waals surface area contributed by atoms with Gasteiger partial charge in [0.1, 0.15) is 5.56 Å². The van der Waals surface area contributed by atoms with Crippen molar-refractivity contribution < 1.29 is 9.59 Å². The average Bonchev–Trinajstić information content (AvgIpc) is 3.07. The summed E-state index contributed by atoms with van der Waals surface area (Å²) in [5.74, 6) is -0.883. The number of fused-ring (bicyclic) bond motifs is 1. The van der Waals surface area contributed by atoms with Crippen molar-refractivity contribution in [2.24, 2.45) is 0 Å². The first-order valence-electron chi connectivity index (χ1n) is 10.1. The summed E-state index contributed by atoms with van der Waals surface area (Å²) in [5, 5.41) is 1.20. The van der Waals surface area contributed by atoms with Gasteiger partial charge in [-0.15, -0.1) is 0 Å². The normalized spacial score (nSPS) is 13.5. The van der Waals surface area contributed by atoms with Crippen molar-refractivity contribution in [1.82, 2.24) is 4.57 Å². The van der Waals surface area contributed by atoms with Crippen molar-refractivity contribution in [3.05, 3.63) is 99.3 Å². The van der Waals surface area contributed by atoms with E-state index < -0.39 is 17.4 Å². The molecule has 0 spiro atoms. The number of hydrogen-bond acceptors (Lipinski definition) is 3. The molecule has 1 amide bonds. The summed E-state index contributed by atoms with van der Waals surface area (Å²) in [4.78, 5) is 41.4. The topological polar surface area (TPSA) is 59.4 Å². The van der Waals surface area contributed by atoms with E-state index in [1.807, 2.05) is 18.2 Å². The molecule has 0 atom stereocenters. The van der Waals surface area contributed by atoms with Crippen LogP contribution in [0.2, 0.25) is 5.02 Å². The van der Waals surface area contributed by atoms with Gasteiger partial charge in [-0.1, -0.05) is 48.0 Å². The number of rotatable bonds is 3. The predicted octanol–water partition coefficient (Wildman–Crippen LogP) is 5.24. The van der Waals surface area contributed by atoms with E-state index in [9.17, 15) is 14.4 Å². The van der Waals surface area contributed by atoms with Crippen molar-refractivity contribution in [2.75, 3.05) is 11.9 Å². The standard InChI is InChI=1S/C25H21ClN2O3/c1-27(20-14-12-19(26)13-15-20)24(30)21-16-18-10-6-7-11-22(18)28(25(21)31)23(29)17-8-4-2-3-5-9-17/h2,4,6-8,10-16H,3,5,9H2,1H3. The Morgan fingerprint density at radius 2 is 1.81 bits per heavy atom. The predicted molar refractivity (Wildman–Crippen MR) is 124 cm³/mol. The fourth-order valence-electron chi connectivity index (χ4n) is 3.67. The summed E-state index contributed by atoms with van der Waals surface area (Å²) in [5.41, 5.74) is 0.948. The minimum absolute atomic E-state index is 0.0609. The fourth-order valence-corrected chi connectivity index (χ4v) is 3.80. The second-order valence-corrected chi connectivity index (χ2v) is 7.85. The molecule has 156 valence electrons. The van der Waals surface area contributed by atoms with E-state index in [1.54, 1.807) is 61.7 Å². The summed E-state index contributed by atoms with van der Waals surface area (Å²) in [6.07, 6.45) is 7.89. The maximum Gasteiger partial charge on any atom is 0.270 e. The zero-order valence-electron chi connectivity index (χ0n) is 17.0. The summed E-state index contributed by atoms with van der Waals surface area (Å²) >= 11 is 5.94. The maximum atomic E-state index is 13.4. The number of para-hydroxylation sites is 1. The Bertz CT molecular complexity index is 1290. The zero-order valence-corrected chi connectivity index (χ0v) is 17.8. The second kappa shape index (κ2) is 8.74. The summed E-state index contributed by atoms with van der Waals surface area (Å²) < 4.78 is 1.13. The van der Waals surface area contributed by atoms with Crippen LogP contribution in [-0.2, 0) is 0 Å². The molecule has 0 radical (unpaired) electrons. The highest BCUT2D eigenvalue weighted by molar-refractivity contribution is 6.30. The Morgan fingerprint density at radius 1 is 1.06 bits per heavy atom. The average molecular weight is 433 g/mol. The lowest BCUT2D eigenvalue weighted by Crippen LogP contribution is -2.37. The van der Waals surface area contributed by atoms with Crippen LogP contribution in [0.25, 0.3) is 10.9 Å². The summed E-state index contributed by atoms with van der Waals surface area (Å²) in [7, 11) is 1.59. The van der Waals surface area contributed by atoms with Crippen molar-refractivity contribution >= 4 is 40.0 Å². The number of allylic oxidation sites excluding steroid dienone is 4. The van der Waals surface area contributed by atoms with Crippen molar-refractivity contribution in [2.45, 2.75) is 19.3 Å². The molecule has 1 aromatic heterocycles. The number of anilines is 1. The first-order valence-corrected chi connectivity index (χ1v) is 10.4. The molecule has 0 saturated carbocycles. The van der Waals surface area contributed by atoms with Crippen LogP contribution in [0, 0.1) is 0 Å². The third kappa shape index (κ3) is 4.09. The Labute approximate surface area is 184 Å². The molecule has 0 aliphatic heterocycles. The highest BCUT2D eigenvalue weighted by Crippen LogP contribution is 2.21. The first-order chi connectivity index (χ1) is 15.0. The van der Waals surface area contributed by atoms with Gasteiger partial charge >= 0.3 is 0 Å². The first kappa shape index (κ1) is 20.8. The van der Waals surface area contributed by atoms with Gasteiger partial charge in [0.25, 0.3) is 17.4 Å². The van der Waals surface area contributed by atoms with Crippen LogP contribution in [-0.4, -0.2) is 23.4 Å². The van der Waals surface area contributed by atoms with Gasteiger partial charge in [0.15, 0.2) is 0 Å². The van der Waals surface area contributed by atoms with Gasteiger partial charge in [0.05, 0.1) is 5.52 Å². The Hall–Kier alpha value is -3.44. The maximum absolute atomic E-state index is 13.4. The Morgan fingerprint density at radius 3 is 2.58 bits per heavy atom. The molecule has 1 aliphatic rings. The quantitative estimate of drug-likeness (QED) is 0.568. The molecule has 2 aromatic carbocycles. The monoisotopic (exact) mass is 432 g/mol. The SMILES string of the molecule is CN(C(=O)c1cc2ccccc2n(C(=O)C2=CC=CCCC2)c1=O)c1ccc(Cl)cc1. The van der Waals surface area contributed by atoms with Gasteiger partial charge in [0.2, 0.25) is 0 Å². The molecule has 0 unspecified atom stereocenters. The van der Waals surface area contributed by atoms with Crippen LogP contribution in [0.15, 0.2) is 83.2 Å². The zero-order chi connectivity index (χ0) is 22.0. The van der Waals surface area contributed by atoms with E-state index in [0.717, 1.165) is 17.4 Å².